The second-order valence-electron chi connectivity index (χ2n) is 6.05. The minimum absolute atomic E-state index is 0.187. The maximum absolute atomic E-state index is 13.0. The molecule has 0 aliphatic carbocycles. The number of ether oxygens (including phenoxy) is 1. The Morgan fingerprint density at radius 1 is 1.26 bits per heavy atom. The van der Waals surface area contributed by atoms with Crippen LogP contribution < -0.4 is 5.32 Å². The highest BCUT2D eigenvalue weighted by Crippen LogP contribution is 2.10. The van der Waals surface area contributed by atoms with Gasteiger partial charge < -0.3 is 10.1 Å². The number of amides is 2. The molecule has 2 amide bonds. The number of nitrogens with one attached hydrogen (secondary N) is 1. The molecule has 7 heteroatoms. The van der Waals surface area contributed by atoms with Crippen molar-refractivity contribution in [2.24, 2.45) is 0 Å². The van der Waals surface area contributed by atoms with Gasteiger partial charge in [-0.3, -0.25) is 9.63 Å². The summed E-state index contributed by atoms with van der Waals surface area (Å²) in [5, 5.41) is 3.54. The average molecular weight is 326 g/mol. The third-order valence-electron chi connectivity index (χ3n) is 2.93. The Kier molecular flexibility index (Phi) is 6.50. The number of carbonyl (C=O) groups is 2. The third-order valence-corrected chi connectivity index (χ3v) is 2.93. The van der Waals surface area contributed by atoms with Crippen LogP contribution in [0.1, 0.15) is 26.3 Å². The second kappa shape index (κ2) is 7.92. The molecule has 0 aromatic heterocycles. The van der Waals surface area contributed by atoms with Gasteiger partial charge in [0, 0.05) is 13.5 Å². The van der Waals surface area contributed by atoms with Crippen LogP contribution in [0.3, 0.4) is 0 Å². The molecule has 1 aromatic rings. The Bertz CT molecular complexity index is 540. The Balaban J connectivity index is 2.86. The smallest absolute Gasteiger partial charge is 0.408 e. The van der Waals surface area contributed by atoms with Crippen molar-refractivity contribution in [2.45, 2.75) is 38.8 Å². The molecule has 0 fully saturated rings. The largest absolute Gasteiger partial charge is 0.444 e. The molecule has 0 aliphatic rings. The molecule has 0 bridgehead atoms. The van der Waals surface area contributed by atoms with Crippen molar-refractivity contribution in [3.05, 3.63) is 35.6 Å². The molecular weight excluding hydrogens is 303 g/mol. The highest BCUT2D eigenvalue weighted by Gasteiger charge is 2.27. The lowest BCUT2D eigenvalue weighted by atomic mass is 10.1. The summed E-state index contributed by atoms with van der Waals surface area (Å²) < 4.78 is 18.1. The molecule has 0 unspecified atom stereocenters. The van der Waals surface area contributed by atoms with E-state index in [2.05, 4.69) is 5.32 Å². The molecule has 0 spiro atoms. The molecule has 0 saturated carbocycles. The van der Waals surface area contributed by atoms with Gasteiger partial charge in [-0.05, 0) is 38.5 Å². The van der Waals surface area contributed by atoms with Gasteiger partial charge in [-0.2, -0.15) is 0 Å². The maximum atomic E-state index is 13.0. The van der Waals surface area contributed by atoms with Crippen molar-refractivity contribution in [1.82, 2.24) is 10.4 Å². The number of rotatable bonds is 5. The first-order chi connectivity index (χ1) is 10.6. The number of likely N-dealkylation sites (N-methyl/N-ethyl adjacent to an activating group) is 1. The van der Waals surface area contributed by atoms with Crippen molar-refractivity contribution < 1.29 is 23.6 Å². The molecule has 1 aromatic carbocycles. The molecule has 1 rings (SSSR count). The lowest BCUT2D eigenvalue weighted by Gasteiger charge is -2.25. The first-order valence-electron chi connectivity index (χ1n) is 7.18. The third kappa shape index (κ3) is 6.65. The topological polar surface area (TPSA) is 67.9 Å². The van der Waals surface area contributed by atoms with E-state index in [0.717, 1.165) is 5.06 Å². The zero-order valence-corrected chi connectivity index (χ0v) is 14.1. The van der Waals surface area contributed by atoms with Gasteiger partial charge in [-0.1, -0.05) is 12.1 Å². The van der Waals surface area contributed by atoms with Crippen LogP contribution in [0.4, 0.5) is 9.18 Å². The van der Waals surface area contributed by atoms with Crippen LogP contribution in [0.5, 0.6) is 0 Å². The van der Waals surface area contributed by atoms with Gasteiger partial charge in [-0.25, -0.2) is 14.2 Å². The van der Waals surface area contributed by atoms with Crippen molar-refractivity contribution in [1.29, 1.82) is 0 Å². The fraction of sp³-hybridized carbons (Fsp3) is 0.500. The summed E-state index contributed by atoms with van der Waals surface area (Å²) in [7, 11) is 2.79. The van der Waals surface area contributed by atoms with Gasteiger partial charge >= 0.3 is 6.09 Å². The Morgan fingerprint density at radius 3 is 2.30 bits per heavy atom. The molecule has 23 heavy (non-hydrogen) atoms. The first-order valence-corrected chi connectivity index (χ1v) is 7.18. The Labute approximate surface area is 135 Å². The SMILES string of the molecule is CON(C)C(=O)[C@H](Cc1ccc(F)cc1)NC(=O)OC(C)(C)C. The molecule has 0 radical (unpaired) electrons. The standard InChI is InChI=1S/C16H23FN2O4/c1-16(2,3)23-15(21)18-13(14(20)19(4)22-5)10-11-6-8-12(17)9-7-11/h6-9,13H,10H2,1-5H3,(H,18,21)/t13-/m0/s1. The Morgan fingerprint density at radius 2 is 1.83 bits per heavy atom. The zero-order valence-electron chi connectivity index (χ0n) is 14.1. The van der Waals surface area contributed by atoms with Crippen LogP contribution in [0, 0.1) is 5.82 Å². The van der Waals surface area contributed by atoms with Gasteiger partial charge in [-0.15, -0.1) is 0 Å². The van der Waals surface area contributed by atoms with Crippen molar-refractivity contribution in [3.8, 4) is 0 Å². The number of hydrogen-bond donors (Lipinski definition) is 1. The average Bonchev–Trinajstić information content (AvgIpc) is 2.45. The van der Waals surface area contributed by atoms with Crippen LogP contribution >= 0.6 is 0 Å². The molecule has 1 atom stereocenters. The van der Waals surface area contributed by atoms with E-state index in [9.17, 15) is 14.0 Å². The highest BCUT2D eigenvalue weighted by molar-refractivity contribution is 5.85. The number of hydrogen-bond acceptors (Lipinski definition) is 4. The molecular formula is C16H23FN2O4. The van der Waals surface area contributed by atoms with Gasteiger partial charge in [0.15, 0.2) is 0 Å². The number of hydroxylamine groups is 2. The highest BCUT2D eigenvalue weighted by atomic mass is 19.1. The van der Waals surface area contributed by atoms with Crippen molar-refractivity contribution >= 4 is 12.0 Å². The van der Waals surface area contributed by atoms with Crippen LogP contribution in [0.2, 0.25) is 0 Å². The summed E-state index contributed by atoms with van der Waals surface area (Å²) in [5.41, 5.74) is 0.0195. The summed E-state index contributed by atoms with van der Waals surface area (Å²) in [4.78, 5) is 29.1. The van der Waals surface area contributed by atoms with Crippen LogP contribution in [-0.2, 0) is 20.8 Å². The second-order valence-corrected chi connectivity index (χ2v) is 6.05. The number of halogens is 1. The summed E-state index contributed by atoms with van der Waals surface area (Å²) >= 11 is 0. The number of nitrogens with zero attached hydrogens (tertiary/aromatic N) is 1. The lowest BCUT2D eigenvalue weighted by molar-refractivity contribution is -0.171. The van der Waals surface area contributed by atoms with Crippen molar-refractivity contribution in [2.75, 3.05) is 14.2 Å². The fourth-order valence-electron chi connectivity index (χ4n) is 1.82. The molecule has 1 N–H and O–H groups in total. The predicted octanol–water partition coefficient (Wildman–Crippen LogP) is 2.28. The van der Waals surface area contributed by atoms with E-state index in [-0.39, 0.29) is 12.2 Å². The zero-order chi connectivity index (χ0) is 17.6. The molecule has 0 saturated heterocycles. The fourth-order valence-corrected chi connectivity index (χ4v) is 1.82. The maximum Gasteiger partial charge on any atom is 0.408 e. The van der Waals surface area contributed by atoms with Crippen LogP contribution in [0.25, 0.3) is 0 Å². The van der Waals surface area contributed by atoms with Gasteiger partial charge in [0.1, 0.15) is 17.5 Å². The Hall–Kier alpha value is -2.15. The van der Waals surface area contributed by atoms with Gasteiger partial charge in [0.25, 0.3) is 5.91 Å². The van der Waals surface area contributed by atoms with Crippen LogP contribution in [0.15, 0.2) is 24.3 Å². The predicted molar refractivity (Wildman–Crippen MR) is 83.0 cm³/mol. The quantitative estimate of drug-likeness (QED) is 0.843. The number of alkyl carbamates (subject to hydrolysis) is 1. The van der Waals surface area contributed by atoms with Gasteiger partial charge in [0.2, 0.25) is 0 Å². The normalized spacial score (nSPS) is 12.4. The minimum Gasteiger partial charge on any atom is -0.444 e. The summed E-state index contributed by atoms with van der Waals surface area (Å²) in [5.74, 6) is -0.812. The summed E-state index contributed by atoms with van der Waals surface area (Å²) in [6, 6.07) is 4.81. The number of benzene rings is 1. The summed E-state index contributed by atoms with van der Waals surface area (Å²) in [6.45, 7) is 5.18. The monoisotopic (exact) mass is 326 g/mol. The van der Waals surface area contributed by atoms with Crippen LogP contribution in [-0.4, -0.2) is 42.9 Å². The molecule has 0 heterocycles. The minimum atomic E-state index is -0.889. The first kappa shape index (κ1) is 18.9. The van der Waals surface area contributed by atoms with E-state index in [1.807, 2.05) is 0 Å². The molecule has 6 nitrogen and oxygen atoms in total. The van der Waals surface area contributed by atoms with Crippen molar-refractivity contribution in [3.63, 3.8) is 0 Å². The van der Waals surface area contributed by atoms with Gasteiger partial charge in [0.05, 0.1) is 7.11 Å². The van der Waals surface area contributed by atoms with E-state index < -0.39 is 23.6 Å². The van der Waals surface area contributed by atoms with E-state index in [0.29, 0.717) is 5.56 Å². The number of carbonyl (C=O) groups excluding carboxylic acids is 2. The van der Waals surface area contributed by atoms with E-state index >= 15 is 0 Å². The lowest BCUT2D eigenvalue weighted by Crippen LogP contribution is -2.49. The summed E-state index contributed by atoms with van der Waals surface area (Å²) in [6.07, 6.45) is -0.519. The molecule has 0 aliphatic heterocycles. The van der Waals surface area contributed by atoms with E-state index in [4.69, 9.17) is 9.57 Å². The van der Waals surface area contributed by atoms with E-state index in [1.54, 1.807) is 32.9 Å². The van der Waals surface area contributed by atoms with E-state index in [1.165, 1.54) is 26.3 Å². The molecule has 128 valence electrons.